The SMILES string of the molecule is CCOC(=O)C1CCN(C(=O)c2ccc(-c3c(-c4ccc(F)cc4)ncn3C3CCCCC3)o2)CC1. The molecule has 1 aliphatic carbocycles. The number of carbonyl (C=O) groups excluding carboxylic acids is 2. The van der Waals surface area contributed by atoms with Gasteiger partial charge in [-0.15, -0.1) is 0 Å². The molecular formula is C28H32FN3O4. The largest absolute Gasteiger partial charge is 0.466 e. The van der Waals surface area contributed by atoms with E-state index in [4.69, 9.17) is 14.1 Å². The number of ether oxygens (including phenoxy) is 1. The number of likely N-dealkylation sites (tertiary alicyclic amines) is 1. The molecule has 0 spiro atoms. The summed E-state index contributed by atoms with van der Waals surface area (Å²) in [5.74, 6) is 0.00175. The van der Waals surface area contributed by atoms with Gasteiger partial charge in [0, 0.05) is 24.7 Å². The molecule has 0 bridgehead atoms. The lowest BCUT2D eigenvalue weighted by molar-refractivity contribution is -0.149. The average molecular weight is 494 g/mol. The second kappa shape index (κ2) is 10.7. The molecule has 0 unspecified atom stereocenters. The third kappa shape index (κ3) is 4.94. The minimum absolute atomic E-state index is 0.163. The summed E-state index contributed by atoms with van der Waals surface area (Å²) in [7, 11) is 0. The van der Waals surface area contributed by atoms with Crippen molar-refractivity contribution in [2.75, 3.05) is 19.7 Å². The van der Waals surface area contributed by atoms with E-state index in [-0.39, 0.29) is 29.4 Å². The van der Waals surface area contributed by atoms with E-state index < -0.39 is 0 Å². The summed E-state index contributed by atoms with van der Waals surface area (Å²) < 4.78 is 27.0. The van der Waals surface area contributed by atoms with Crippen molar-refractivity contribution in [3.8, 4) is 22.7 Å². The van der Waals surface area contributed by atoms with Gasteiger partial charge in [-0.3, -0.25) is 9.59 Å². The number of piperidine rings is 1. The van der Waals surface area contributed by atoms with Crippen molar-refractivity contribution in [2.24, 2.45) is 5.92 Å². The van der Waals surface area contributed by atoms with Gasteiger partial charge in [0.25, 0.3) is 5.91 Å². The summed E-state index contributed by atoms with van der Waals surface area (Å²) in [5, 5.41) is 0. The molecule has 1 amide bonds. The molecule has 1 saturated carbocycles. The first kappa shape index (κ1) is 24.3. The summed E-state index contributed by atoms with van der Waals surface area (Å²) in [6.45, 7) is 3.13. The van der Waals surface area contributed by atoms with Crippen LogP contribution in [-0.2, 0) is 9.53 Å². The summed E-state index contributed by atoms with van der Waals surface area (Å²) >= 11 is 0. The maximum absolute atomic E-state index is 13.6. The number of esters is 1. The summed E-state index contributed by atoms with van der Waals surface area (Å²) in [5.41, 5.74) is 2.32. The van der Waals surface area contributed by atoms with E-state index in [0.29, 0.717) is 50.0 Å². The quantitative estimate of drug-likeness (QED) is 0.402. The predicted octanol–water partition coefficient (Wildman–Crippen LogP) is 5.87. The number of imidazole rings is 1. The van der Waals surface area contributed by atoms with E-state index in [1.165, 1.54) is 18.6 Å². The van der Waals surface area contributed by atoms with Gasteiger partial charge < -0.3 is 18.6 Å². The van der Waals surface area contributed by atoms with E-state index in [0.717, 1.165) is 36.9 Å². The van der Waals surface area contributed by atoms with Crippen LogP contribution < -0.4 is 0 Å². The molecule has 2 fully saturated rings. The summed E-state index contributed by atoms with van der Waals surface area (Å²) in [6.07, 6.45) is 8.70. The molecule has 0 atom stereocenters. The fourth-order valence-corrected chi connectivity index (χ4v) is 5.37. The highest BCUT2D eigenvalue weighted by molar-refractivity contribution is 5.92. The number of aromatic nitrogens is 2. The number of rotatable bonds is 6. The van der Waals surface area contributed by atoms with Gasteiger partial charge in [0.15, 0.2) is 11.5 Å². The number of furan rings is 1. The maximum atomic E-state index is 13.6. The number of hydrogen-bond acceptors (Lipinski definition) is 5. The highest BCUT2D eigenvalue weighted by Gasteiger charge is 2.31. The van der Waals surface area contributed by atoms with Gasteiger partial charge in [0.2, 0.25) is 0 Å². The van der Waals surface area contributed by atoms with Crippen molar-refractivity contribution in [1.82, 2.24) is 14.5 Å². The zero-order valence-corrected chi connectivity index (χ0v) is 20.6. The molecule has 2 aliphatic rings. The molecule has 0 N–H and O–H groups in total. The van der Waals surface area contributed by atoms with Crippen LogP contribution in [0.25, 0.3) is 22.7 Å². The van der Waals surface area contributed by atoms with E-state index in [2.05, 4.69) is 4.57 Å². The zero-order valence-electron chi connectivity index (χ0n) is 20.6. The minimum Gasteiger partial charge on any atom is -0.466 e. The predicted molar refractivity (Wildman–Crippen MR) is 133 cm³/mol. The van der Waals surface area contributed by atoms with Crippen molar-refractivity contribution >= 4 is 11.9 Å². The molecule has 0 radical (unpaired) electrons. The second-order valence-electron chi connectivity index (χ2n) is 9.63. The highest BCUT2D eigenvalue weighted by Crippen LogP contribution is 2.38. The molecule has 2 aromatic heterocycles. The molecule has 5 rings (SSSR count). The van der Waals surface area contributed by atoms with Gasteiger partial charge in [0.1, 0.15) is 11.5 Å². The van der Waals surface area contributed by atoms with Crippen LogP contribution in [0, 0.1) is 11.7 Å². The van der Waals surface area contributed by atoms with E-state index >= 15 is 0 Å². The number of hydrogen-bond donors (Lipinski definition) is 0. The van der Waals surface area contributed by atoms with Crippen LogP contribution >= 0.6 is 0 Å². The van der Waals surface area contributed by atoms with Crippen LogP contribution in [0.15, 0.2) is 47.1 Å². The van der Waals surface area contributed by atoms with Gasteiger partial charge in [-0.05, 0) is 69.0 Å². The maximum Gasteiger partial charge on any atom is 0.309 e. The van der Waals surface area contributed by atoms with Crippen molar-refractivity contribution in [1.29, 1.82) is 0 Å². The van der Waals surface area contributed by atoms with Crippen molar-refractivity contribution in [3.63, 3.8) is 0 Å². The Morgan fingerprint density at radius 2 is 1.75 bits per heavy atom. The Labute approximate surface area is 210 Å². The molecule has 190 valence electrons. The van der Waals surface area contributed by atoms with Crippen LogP contribution in [0.3, 0.4) is 0 Å². The van der Waals surface area contributed by atoms with E-state index in [1.54, 1.807) is 30.0 Å². The number of nitrogens with zero attached hydrogens (tertiary/aromatic N) is 3. The van der Waals surface area contributed by atoms with Crippen LogP contribution in [0.4, 0.5) is 4.39 Å². The average Bonchev–Trinajstić information content (AvgIpc) is 3.57. The van der Waals surface area contributed by atoms with Gasteiger partial charge >= 0.3 is 5.97 Å². The first-order chi connectivity index (χ1) is 17.5. The molecule has 8 heteroatoms. The van der Waals surface area contributed by atoms with Gasteiger partial charge in [-0.2, -0.15) is 0 Å². The molecule has 7 nitrogen and oxygen atoms in total. The molecular weight excluding hydrogens is 461 g/mol. The lowest BCUT2D eigenvalue weighted by Gasteiger charge is -2.30. The molecule has 3 aromatic rings. The summed E-state index contributed by atoms with van der Waals surface area (Å²) in [4.78, 5) is 31.7. The molecule has 1 saturated heterocycles. The Bertz CT molecular complexity index is 1200. The normalized spacial score (nSPS) is 17.3. The third-order valence-electron chi connectivity index (χ3n) is 7.33. The van der Waals surface area contributed by atoms with Crippen LogP contribution in [-0.4, -0.2) is 46.0 Å². The molecule has 3 heterocycles. The minimum atomic E-state index is -0.301. The lowest BCUT2D eigenvalue weighted by atomic mass is 9.95. The van der Waals surface area contributed by atoms with E-state index in [9.17, 15) is 14.0 Å². The van der Waals surface area contributed by atoms with Gasteiger partial charge in [0.05, 0.1) is 24.5 Å². The first-order valence-corrected chi connectivity index (χ1v) is 12.9. The molecule has 1 aromatic carbocycles. The van der Waals surface area contributed by atoms with Gasteiger partial charge in [-0.1, -0.05) is 19.3 Å². The zero-order chi connectivity index (χ0) is 25.1. The monoisotopic (exact) mass is 493 g/mol. The number of benzene rings is 1. The van der Waals surface area contributed by atoms with Crippen molar-refractivity contribution in [2.45, 2.75) is 57.9 Å². The summed E-state index contributed by atoms with van der Waals surface area (Å²) in [6, 6.07) is 10.1. The number of halogens is 1. The smallest absolute Gasteiger partial charge is 0.309 e. The second-order valence-corrected chi connectivity index (χ2v) is 9.63. The fourth-order valence-electron chi connectivity index (χ4n) is 5.37. The Hall–Kier alpha value is -3.42. The highest BCUT2D eigenvalue weighted by atomic mass is 19.1. The standard InChI is InChI=1S/C28H32FN3O4/c1-2-35-28(34)20-14-16-31(17-15-20)27(33)24-13-12-23(36-24)26-25(19-8-10-21(29)11-9-19)30-18-32(26)22-6-4-3-5-7-22/h8-13,18,20,22H,2-7,14-17H2,1H3. The topological polar surface area (TPSA) is 77.6 Å². The number of carbonyl (C=O) groups is 2. The fraction of sp³-hybridized carbons (Fsp3) is 0.464. The third-order valence-corrected chi connectivity index (χ3v) is 7.33. The Morgan fingerprint density at radius 3 is 2.44 bits per heavy atom. The Balaban J connectivity index is 1.40. The van der Waals surface area contributed by atoms with Crippen LogP contribution in [0.2, 0.25) is 0 Å². The van der Waals surface area contributed by atoms with Crippen LogP contribution in [0.1, 0.15) is 68.5 Å². The molecule has 36 heavy (non-hydrogen) atoms. The molecule has 1 aliphatic heterocycles. The Morgan fingerprint density at radius 1 is 1.03 bits per heavy atom. The van der Waals surface area contributed by atoms with Crippen molar-refractivity contribution in [3.05, 3.63) is 54.3 Å². The lowest BCUT2D eigenvalue weighted by Crippen LogP contribution is -2.40. The first-order valence-electron chi connectivity index (χ1n) is 12.9. The number of amides is 1. The van der Waals surface area contributed by atoms with E-state index in [1.807, 2.05) is 12.4 Å². The Kier molecular flexibility index (Phi) is 7.20. The van der Waals surface area contributed by atoms with Crippen LogP contribution in [0.5, 0.6) is 0 Å². The van der Waals surface area contributed by atoms with Gasteiger partial charge in [-0.25, -0.2) is 9.37 Å². The van der Waals surface area contributed by atoms with Crippen molar-refractivity contribution < 1.29 is 23.1 Å².